The number of nitrogens with one attached hydrogen (secondary N) is 1. The second-order valence-electron chi connectivity index (χ2n) is 6.83. The maximum absolute atomic E-state index is 5.66. The molecular weight excluding hydrogens is 210 g/mol. The number of ether oxygens (including phenoxy) is 1. The van der Waals surface area contributed by atoms with E-state index < -0.39 is 0 Å². The largest absolute Gasteiger partial charge is 0.379 e. The van der Waals surface area contributed by atoms with E-state index in [0.717, 1.165) is 25.0 Å². The van der Waals surface area contributed by atoms with E-state index in [0.29, 0.717) is 6.10 Å². The Hall–Kier alpha value is -0.0800. The van der Waals surface area contributed by atoms with E-state index in [-0.39, 0.29) is 5.54 Å². The van der Waals surface area contributed by atoms with Gasteiger partial charge in [-0.25, -0.2) is 0 Å². The van der Waals surface area contributed by atoms with E-state index in [9.17, 15) is 0 Å². The summed E-state index contributed by atoms with van der Waals surface area (Å²) in [6.45, 7) is 17.5. The maximum atomic E-state index is 5.66. The summed E-state index contributed by atoms with van der Waals surface area (Å²) in [6.07, 6.45) is 2.80. The van der Waals surface area contributed by atoms with Crippen molar-refractivity contribution in [1.82, 2.24) is 5.32 Å². The molecule has 17 heavy (non-hydrogen) atoms. The molecular formula is C15H33NO. The van der Waals surface area contributed by atoms with Crippen molar-refractivity contribution in [1.29, 1.82) is 0 Å². The highest BCUT2D eigenvalue weighted by Crippen LogP contribution is 2.16. The first kappa shape index (κ1) is 16.9. The lowest BCUT2D eigenvalue weighted by Crippen LogP contribution is -2.39. The standard InChI is InChI=1S/C15H33NO/c1-12(2)10-14(8-9-17-13(3)4)11-16-15(5,6)7/h12-14,16H,8-11H2,1-7H3. The van der Waals surface area contributed by atoms with Crippen LogP contribution in [0.15, 0.2) is 0 Å². The molecule has 0 aliphatic heterocycles. The van der Waals surface area contributed by atoms with Gasteiger partial charge < -0.3 is 10.1 Å². The third kappa shape index (κ3) is 12.2. The van der Waals surface area contributed by atoms with Gasteiger partial charge in [-0.3, -0.25) is 0 Å². The van der Waals surface area contributed by atoms with Crippen LogP contribution in [0.2, 0.25) is 0 Å². The molecule has 0 aromatic rings. The Labute approximate surface area is 109 Å². The van der Waals surface area contributed by atoms with E-state index in [1.54, 1.807) is 0 Å². The highest BCUT2D eigenvalue weighted by Gasteiger charge is 2.15. The fourth-order valence-electron chi connectivity index (χ4n) is 1.89. The molecule has 0 aromatic heterocycles. The quantitative estimate of drug-likeness (QED) is 0.699. The van der Waals surface area contributed by atoms with Crippen LogP contribution in [0.4, 0.5) is 0 Å². The van der Waals surface area contributed by atoms with Gasteiger partial charge in [0.2, 0.25) is 0 Å². The van der Waals surface area contributed by atoms with Gasteiger partial charge in [-0.1, -0.05) is 13.8 Å². The minimum Gasteiger partial charge on any atom is -0.379 e. The van der Waals surface area contributed by atoms with E-state index in [4.69, 9.17) is 4.74 Å². The highest BCUT2D eigenvalue weighted by molar-refractivity contribution is 4.74. The summed E-state index contributed by atoms with van der Waals surface area (Å²) in [4.78, 5) is 0. The van der Waals surface area contributed by atoms with Crippen molar-refractivity contribution in [2.75, 3.05) is 13.2 Å². The summed E-state index contributed by atoms with van der Waals surface area (Å²) >= 11 is 0. The van der Waals surface area contributed by atoms with Crippen molar-refractivity contribution in [3.63, 3.8) is 0 Å². The van der Waals surface area contributed by atoms with Crippen molar-refractivity contribution >= 4 is 0 Å². The fraction of sp³-hybridized carbons (Fsp3) is 1.00. The second kappa shape index (κ2) is 8.10. The minimum absolute atomic E-state index is 0.216. The third-order valence-electron chi connectivity index (χ3n) is 2.70. The van der Waals surface area contributed by atoms with E-state index in [1.165, 1.54) is 12.8 Å². The van der Waals surface area contributed by atoms with Crippen LogP contribution >= 0.6 is 0 Å². The van der Waals surface area contributed by atoms with E-state index in [1.807, 2.05) is 0 Å². The molecule has 0 spiro atoms. The predicted molar refractivity (Wildman–Crippen MR) is 76.4 cm³/mol. The molecule has 104 valence electrons. The summed E-state index contributed by atoms with van der Waals surface area (Å²) in [7, 11) is 0. The van der Waals surface area contributed by atoms with Crippen LogP contribution < -0.4 is 5.32 Å². The van der Waals surface area contributed by atoms with Crippen LogP contribution in [0.1, 0.15) is 61.3 Å². The van der Waals surface area contributed by atoms with Crippen LogP contribution in [-0.4, -0.2) is 24.8 Å². The van der Waals surface area contributed by atoms with Gasteiger partial charge in [0.1, 0.15) is 0 Å². The van der Waals surface area contributed by atoms with Crippen molar-refractivity contribution in [2.45, 2.75) is 73.0 Å². The van der Waals surface area contributed by atoms with Crippen LogP contribution in [0.5, 0.6) is 0 Å². The SMILES string of the molecule is CC(C)CC(CCOC(C)C)CNC(C)(C)C. The molecule has 0 aliphatic carbocycles. The molecule has 0 saturated heterocycles. The lowest BCUT2D eigenvalue weighted by Gasteiger charge is -2.26. The normalized spacial score (nSPS) is 14.6. The lowest BCUT2D eigenvalue weighted by molar-refractivity contribution is 0.0657. The summed E-state index contributed by atoms with van der Waals surface area (Å²) in [6, 6.07) is 0. The molecule has 0 aliphatic rings. The molecule has 0 amide bonds. The second-order valence-corrected chi connectivity index (χ2v) is 6.83. The fourth-order valence-corrected chi connectivity index (χ4v) is 1.89. The summed E-state index contributed by atoms with van der Waals surface area (Å²) in [5.41, 5.74) is 0.216. The Morgan fingerprint density at radius 3 is 2.06 bits per heavy atom. The molecule has 0 bridgehead atoms. The summed E-state index contributed by atoms with van der Waals surface area (Å²) in [5, 5.41) is 3.61. The Kier molecular flexibility index (Phi) is 8.06. The predicted octanol–water partition coefficient (Wildman–Crippen LogP) is 3.85. The third-order valence-corrected chi connectivity index (χ3v) is 2.70. The van der Waals surface area contributed by atoms with E-state index >= 15 is 0 Å². The molecule has 0 radical (unpaired) electrons. The van der Waals surface area contributed by atoms with Gasteiger partial charge in [0, 0.05) is 12.1 Å². The van der Waals surface area contributed by atoms with Crippen LogP contribution in [0, 0.1) is 11.8 Å². The zero-order valence-corrected chi connectivity index (χ0v) is 13.0. The lowest BCUT2D eigenvalue weighted by atomic mass is 9.93. The van der Waals surface area contributed by atoms with Crippen molar-refractivity contribution in [3.8, 4) is 0 Å². The monoisotopic (exact) mass is 243 g/mol. The number of hydrogen-bond donors (Lipinski definition) is 1. The Bertz CT molecular complexity index is 182. The minimum atomic E-state index is 0.216. The molecule has 2 heteroatoms. The first-order valence-corrected chi connectivity index (χ1v) is 7.07. The Morgan fingerprint density at radius 1 is 1.06 bits per heavy atom. The summed E-state index contributed by atoms with van der Waals surface area (Å²) in [5.74, 6) is 1.49. The molecule has 1 N–H and O–H groups in total. The number of rotatable bonds is 8. The highest BCUT2D eigenvalue weighted by atomic mass is 16.5. The van der Waals surface area contributed by atoms with Crippen LogP contribution in [0.3, 0.4) is 0 Å². The van der Waals surface area contributed by atoms with Crippen molar-refractivity contribution in [3.05, 3.63) is 0 Å². The van der Waals surface area contributed by atoms with Crippen molar-refractivity contribution < 1.29 is 4.74 Å². The molecule has 0 saturated carbocycles. The van der Waals surface area contributed by atoms with Gasteiger partial charge in [0.15, 0.2) is 0 Å². The van der Waals surface area contributed by atoms with Gasteiger partial charge in [0.05, 0.1) is 6.10 Å². The Balaban J connectivity index is 3.96. The first-order valence-electron chi connectivity index (χ1n) is 7.07. The first-order chi connectivity index (χ1) is 7.70. The summed E-state index contributed by atoms with van der Waals surface area (Å²) < 4.78 is 5.66. The molecule has 0 aromatic carbocycles. The Morgan fingerprint density at radius 2 is 1.65 bits per heavy atom. The average Bonchev–Trinajstić information content (AvgIpc) is 2.11. The maximum Gasteiger partial charge on any atom is 0.0518 e. The molecule has 1 unspecified atom stereocenters. The average molecular weight is 243 g/mol. The smallest absolute Gasteiger partial charge is 0.0518 e. The van der Waals surface area contributed by atoms with Gasteiger partial charge in [-0.15, -0.1) is 0 Å². The van der Waals surface area contributed by atoms with E-state index in [2.05, 4.69) is 53.8 Å². The molecule has 0 fully saturated rings. The molecule has 0 rings (SSSR count). The van der Waals surface area contributed by atoms with Crippen LogP contribution in [-0.2, 0) is 4.74 Å². The molecule has 0 heterocycles. The topological polar surface area (TPSA) is 21.3 Å². The number of hydrogen-bond acceptors (Lipinski definition) is 2. The molecule has 2 nitrogen and oxygen atoms in total. The van der Waals surface area contributed by atoms with Gasteiger partial charge in [0.25, 0.3) is 0 Å². The zero-order chi connectivity index (χ0) is 13.5. The van der Waals surface area contributed by atoms with Gasteiger partial charge >= 0.3 is 0 Å². The van der Waals surface area contributed by atoms with Gasteiger partial charge in [-0.05, 0) is 65.8 Å². The van der Waals surface area contributed by atoms with Crippen molar-refractivity contribution in [2.24, 2.45) is 11.8 Å². The van der Waals surface area contributed by atoms with Crippen LogP contribution in [0.25, 0.3) is 0 Å². The zero-order valence-electron chi connectivity index (χ0n) is 13.0. The van der Waals surface area contributed by atoms with Gasteiger partial charge in [-0.2, -0.15) is 0 Å². The molecule has 1 atom stereocenters.